The Kier molecular flexibility index (Phi) is 8.50. The van der Waals surface area contributed by atoms with Gasteiger partial charge in [-0.05, 0) is 60.4 Å². The van der Waals surface area contributed by atoms with Crippen molar-refractivity contribution in [3.8, 4) is 0 Å². The molecule has 0 aliphatic carbocycles. The summed E-state index contributed by atoms with van der Waals surface area (Å²) in [6.45, 7) is 5.50. The van der Waals surface area contributed by atoms with Crippen molar-refractivity contribution in [2.75, 3.05) is 44.2 Å². The van der Waals surface area contributed by atoms with Gasteiger partial charge in [-0.15, -0.1) is 24.8 Å². The lowest BCUT2D eigenvalue weighted by Crippen LogP contribution is -2.46. The van der Waals surface area contributed by atoms with Gasteiger partial charge in [-0.2, -0.15) is 0 Å². The first kappa shape index (κ1) is 22.9. The van der Waals surface area contributed by atoms with E-state index in [0.29, 0.717) is 6.61 Å². The van der Waals surface area contributed by atoms with E-state index < -0.39 is 0 Å². The molecule has 28 heavy (non-hydrogen) atoms. The van der Waals surface area contributed by atoms with E-state index in [1.54, 1.807) is 6.07 Å². The quantitative estimate of drug-likeness (QED) is 0.702. The molecule has 4 rings (SSSR count). The summed E-state index contributed by atoms with van der Waals surface area (Å²) in [7, 11) is 0. The Labute approximate surface area is 177 Å². The second kappa shape index (κ2) is 10.4. The molecule has 0 bridgehead atoms. The molecule has 2 aromatic carbocycles. The van der Waals surface area contributed by atoms with Gasteiger partial charge < -0.3 is 9.64 Å². The molecule has 0 aromatic heterocycles. The van der Waals surface area contributed by atoms with Crippen molar-refractivity contribution in [1.29, 1.82) is 0 Å². The zero-order valence-corrected chi connectivity index (χ0v) is 17.3. The van der Waals surface area contributed by atoms with Gasteiger partial charge in [0.05, 0.1) is 12.7 Å². The van der Waals surface area contributed by atoms with Crippen molar-refractivity contribution in [2.24, 2.45) is 0 Å². The lowest BCUT2D eigenvalue weighted by Gasteiger charge is -2.37. The van der Waals surface area contributed by atoms with E-state index >= 15 is 0 Å². The SMILES string of the molecule is Cl.Cl.Fc1ccc(N2CCN(CCC3OCCc4cc(F)ccc43)CC2)cc1. The molecule has 3 nitrogen and oxygen atoms in total. The van der Waals surface area contributed by atoms with Crippen molar-refractivity contribution in [3.63, 3.8) is 0 Å². The molecule has 0 radical (unpaired) electrons. The van der Waals surface area contributed by atoms with Gasteiger partial charge in [0, 0.05) is 38.4 Å². The van der Waals surface area contributed by atoms with Crippen molar-refractivity contribution < 1.29 is 13.5 Å². The van der Waals surface area contributed by atoms with Crippen molar-refractivity contribution in [3.05, 3.63) is 65.2 Å². The van der Waals surface area contributed by atoms with Crippen LogP contribution >= 0.6 is 24.8 Å². The van der Waals surface area contributed by atoms with Crippen LogP contribution in [0.1, 0.15) is 23.7 Å². The van der Waals surface area contributed by atoms with Gasteiger partial charge in [0.1, 0.15) is 11.6 Å². The maximum atomic E-state index is 13.4. The third-order valence-corrected chi connectivity index (χ3v) is 5.41. The lowest BCUT2D eigenvalue weighted by molar-refractivity contribution is 0.0288. The van der Waals surface area contributed by atoms with Gasteiger partial charge >= 0.3 is 0 Å². The number of halogens is 4. The molecule has 0 N–H and O–H groups in total. The summed E-state index contributed by atoms with van der Waals surface area (Å²) in [6.07, 6.45) is 1.78. The van der Waals surface area contributed by atoms with Crippen molar-refractivity contribution in [2.45, 2.75) is 18.9 Å². The number of nitrogens with zero attached hydrogens (tertiary/aromatic N) is 2. The summed E-state index contributed by atoms with van der Waals surface area (Å²) < 4.78 is 32.4. The largest absolute Gasteiger partial charge is 0.373 e. The molecular formula is C21H26Cl2F2N2O. The highest BCUT2D eigenvalue weighted by Gasteiger charge is 2.23. The third kappa shape index (κ3) is 5.35. The van der Waals surface area contributed by atoms with Gasteiger partial charge in [0.2, 0.25) is 0 Å². The van der Waals surface area contributed by atoms with Crippen LogP contribution < -0.4 is 4.90 Å². The molecule has 2 aliphatic rings. The number of ether oxygens (including phenoxy) is 1. The first-order chi connectivity index (χ1) is 12.7. The van der Waals surface area contributed by atoms with Crippen LogP contribution in [0.3, 0.4) is 0 Å². The van der Waals surface area contributed by atoms with Crippen LogP contribution in [0.5, 0.6) is 0 Å². The normalized spacial score (nSPS) is 19.4. The minimum atomic E-state index is -0.194. The third-order valence-electron chi connectivity index (χ3n) is 5.41. The molecule has 7 heteroatoms. The molecule has 1 atom stereocenters. The molecule has 1 fully saturated rings. The fourth-order valence-corrected chi connectivity index (χ4v) is 3.93. The Morgan fingerprint density at radius 1 is 0.893 bits per heavy atom. The Morgan fingerprint density at radius 3 is 2.29 bits per heavy atom. The van der Waals surface area contributed by atoms with E-state index in [1.807, 2.05) is 18.2 Å². The molecule has 0 spiro atoms. The topological polar surface area (TPSA) is 15.7 Å². The summed E-state index contributed by atoms with van der Waals surface area (Å²) in [5, 5.41) is 0. The first-order valence-corrected chi connectivity index (χ1v) is 9.32. The summed E-state index contributed by atoms with van der Waals surface area (Å²) in [5.74, 6) is -0.360. The molecule has 0 amide bonds. The van der Waals surface area contributed by atoms with Crippen LogP contribution in [0, 0.1) is 11.6 Å². The van der Waals surface area contributed by atoms with Gasteiger partial charge in [0.15, 0.2) is 0 Å². The Hall–Kier alpha value is -1.40. The van der Waals surface area contributed by atoms with E-state index in [-0.39, 0.29) is 42.6 Å². The number of rotatable bonds is 4. The predicted molar refractivity (Wildman–Crippen MR) is 113 cm³/mol. The molecule has 1 saturated heterocycles. The molecule has 2 aliphatic heterocycles. The molecular weight excluding hydrogens is 405 g/mol. The van der Waals surface area contributed by atoms with Crippen LogP contribution in [0.25, 0.3) is 0 Å². The number of hydrogen-bond acceptors (Lipinski definition) is 3. The maximum Gasteiger partial charge on any atom is 0.123 e. The van der Waals surface area contributed by atoms with Crippen LogP contribution in [0.2, 0.25) is 0 Å². The summed E-state index contributed by atoms with van der Waals surface area (Å²) >= 11 is 0. The summed E-state index contributed by atoms with van der Waals surface area (Å²) in [4.78, 5) is 4.74. The van der Waals surface area contributed by atoms with E-state index in [4.69, 9.17) is 4.74 Å². The minimum Gasteiger partial charge on any atom is -0.373 e. The number of anilines is 1. The van der Waals surface area contributed by atoms with Crippen molar-refractivity contribution in [1.82, 2.24) is 4.90 Å². The zero-order valence-electron chi connectivity index (χ0n) is 15.7. The highest BCUT2D eigenvalue weighted by molar-refractivity contribution is 5.85. The molecule has 1 unspecified atom stereocenters. The van der Waals surface area contributed by atoms with E-state index in [1.165, 1.54) is 18.2 Å². The Morgan fingerprint density at radius 2 is 1.57 bits per heavy atom. The summed E-state index contributed by atoms with van der Waals surface area (Å²) in [5.41, 5.74) is 3.31. The van der Waals surface area contributed by atoms with Crippen LogP contribution in [-0.4, -0.2) is 44.2 Å². The van der Waals surface area contributed by atoms with Crippen molar-refractivity contribution >= 4 is 30.5 Å². The second-order valence-corrected chi connectivity index (χ2v) is 7.05. The fraction of sp³-hybridized carbons (Fsp3) is 0.429. The molecule has 0 saturated carbocycles. The van der Waals surface area contributed by atoms with Crippen LogP contribution in [0.15, 0.2) is 42.5 Å². The monoisotopic (exact) mass is 430 g/mol. The number of fused-ring (bicyclic) bond motifs is 1. The van der Waals surface area contributed by atoms with Crippen LogP contribution in [-0.2, 0) is 11.2 Å². The molecule has 2 heterocycles. The average molecular weight is 431 g/mol. The average Bonchev–Trinajstić information content (AvgIpc) is 2.67. The standard InChI is InChI=1S/C21H24F2N2O.2ClH/c22-17-1-4-19(5-2-17)25-12-10-24(11-13-25)9-7-21-20-6-3-18(23)15-16(20)8-14-26-21;;/h1-6,15,21H,7-14H2;2*1H. The minimum absolute atomic E-state index is 0. The van der Waals surface area contributed by atoms with Gasteiger partial charge in [-0.25, -0.2) is 8.78 Å². The highest BCUT2D eigenvalue weighted by atomic mass is 35.5. The fourth-order valence-electron chi connectivity index (χ4n) is 3.93. The van der Waals surface area contributed by atoms with E-state index in [0.717, 1.165) is 62.4 Å². The number of benzene rings is 2. The first-order valence-electron chi connectivity index (χ1n) is 9.32. The highest BCUT2D eigenvalue weighted by Crippen LogP contribution is 2.30. The number of hydrogen-bond donors (Lipinski definition) is 0. The lowest BCUT2D eigenvalue weighted by atomic mass is 9.95. The number of piperazine rings is 1. The molecule has 154 valence electrons. The maximum absolute atomic E-state index is 13.4. The van der Waals surface area contributed by atoms with Gasteiger partial charge in [-0.3, -0.25) is 4.90 Å². The second-order valence-electron chi connectivity index (χ2n) is 7.05. The molecule has 2 aromatic rings. The van der Waals surface area contributed by atoms with Crippen LogP contribution in [0.4, 0.5) is 14.5 Å². The predicted octanol–water partition coefficient (Wildman–Crippen LogP) is 4.63. The van der Waals surface area contributed by atoms with E-state index in [9.17, 15) is 8.78 Å². The summed E-state index contributed by atoms with van der Waals surface area (Å²) in [6, 6.07) is 11.8. The smallest absolute Gasteiger partial charge is 0.123 e. The van der Waals surface area contributed by atoms with Gasteiger partial charge in [0.25, 0.3) is 0 Å². The Balaban J connectivity index is 0.00000140. The zero-order chi connectivity index (χ0) is 17.9. The Bertz CT molecular complexity index is 753. The van der Waals surface area contributed by atoms with E-state index in [2.05, 4.69) is 9.80 Å². The van der Waals surface area contributed by atoms with Gasteiger partial charge in [-0.1, -0.05) is 6.07 Å².